The maximum atomic E-state index is 11.5. The Morgan fingerprint density at radius 3 is 2.55 bits per heavy atom. The minimum Gasteiger partial charge on any atom is -0.467 e. The summed E-state index contributed by atoms with van der Waals surface area (Å²) in [5, 5.41) is 9.73. The number of nitrogens with one attached hydrogen (secondary N) is 1. The SMILES string of the molecule is CS(=O)(=O)Nc1ccc(-c2nnc(SCCN3CCCCC3)n2Cc2ccco2)cc1. The van der Waals surface area contributed by atoms with E-state index in [9.17, 15) is 8.42 Å². The van der Waals surface area contributed by atoms with Gasteiger partial charge in [0.05, 0.1) is 19.1 Å². The molecule has 0 bridgehead atoms. The molecular weight excluding hydrogens is 434 g/mol. The van der Waals surface area contributed by atoms with E-state index < -0.39 is 10.0 Å². The van der Waals surface area contributed by atoms with Crippen LogP contribution in [0, 0.1) is 0 Å². The summed E-state index contributed by atoms with van der Waals surface area (Å²) >= 11 is 1.70. The molecule has 0 unspecified atom stereocenters. The molecule has 4 rings (SSSR count). The fourth-order valence-electron chi connectivity index (χ4n) is 3.66. The third kappa shape index (κ3) is 6.11. The third-order valence-electron chi connectivity index (χ3n) is 5.14. The molecule has 166 valence electrons. The van der Waals surface area contributed by atoms with Gasteiger partial charge in [0.1, 0.15) is 5.76 Å². The molecule has 3 aromatic rings. The first kappa shape index (κ1) is 21.9. The minimum absolute atomic E-state index is 0.513. The number of thioether (sulfide) groups is 1. The summed E-state index contributed by atoms with van der Waals surface area (Å²) in [7, 11) is -3.32. The molecule has 1 aromatic carbocycles. The van der Waals surface area contributed by atoms with E-state index in [1.54, 1.807) is 30.2 Å². The first-order valence-corrected chi connectivity index (χ1v) is 13.2. The van der Waals surface area contributed by atoms with Gasteiger partial charge >= 0.3 is 0 Å². The molecule has 0 aliphatic carbocycles. The molecule has 0 saturated carbocycles. The quantitative estimate of drug-likeness (QED) is 0.487. The number of rotatable bonds is 9. The molecule has 2 aromatic heterocycles. The number of benzene rings is 1. The van der Waals surface area contributed by atoms with Crippen LogP contribution >= 0.6 is 11.8 Å². The van der Waals surface area contributed by atoms with Crippen molar-refractivity contribution in [3.63, 3.8) is 0 Å². The van der Waals surface area contributed by atoms with Gasteiger partial charge in [-0.25, -0.2) is 8.42 Å². The fraction of sp³-hybridized carbons (Fsp3) is 0.429. The molecule has 1 saturated heterocycles. The summed E-state index contributed by atoms with van der Waals surface area (Å²) in [5.41, 5.74) is 1.38. The van der Waals surface area contributed by atoms with Crippen LogP contribution in [0.2, 0.25) is 0 Å². The highest BCUT2D eigenvalue weighted by molar-refractivity contribution is 7.99. The molecule has 1 N–H and O–H groups in total. The number of nitrogens with zero attached hydrogens (tertiary/aromatic N) is 4. The minimum atomic E-state index is -3.32. The summed E-state index contributed by atoms with van der Waals surface area (Å²) in [5.74, 6) is 2.50. The number of furan rings is 1. The van der Waals surface area contributed by atoms with E-state index in [2.05, 4.69) is 24.4 Å². The number of hydrogen-bond acceptors (Lipinski definition) is 7. The number of hydrogen-bond donors (Lipinski definition) is 1. The van der Waals surface area contributed by atoms with Crippen LogP contribution in [0.1, 0.15) is 25.0 Å². The molecule has 1 aliphatic rings. The van der Waals surface area contributed by atoms with Crippen LogP contribution in [0.5, 0.6) is 0 Å². The van der Waals surface area contributed by atoms with Gasteiger partial charge in [0.2, 0.25) is 10.0 Å². The van der Waals surface area contributed by atoms with Gasteiger partial charge in [-0.15, -0.1) is 10.2 Å². The average Bonchev–Trinajstić information content (AvgIpc) is 3.39. The molecule has 8 nitrogen and oxygen atoms in total. The molecule has 31 heavy (non-hydrogen) atoms. The Hall–Kier alpha value is -2.30. The second-order valence-electron chi connectivity index (χ2n) is 7.67. The van der Waals surface area contributed by atoms with E-state index in [4.69, 9.17) is 4.42 Å². The lowest BCUT2D eigenvalue weighted by molar-refractivity contribution is 0.242. The van der Waals surface area contributed by atoms with Crippen molar-refractivity contribution < 1.29 is 12.8 Å². The molecule has 0 atom stereocenters. The van der Waals surface area contributed by atoms with Crippen molar-refractivity contribution in [3.8, 4) is 11.4 Å². The summed E-state index contributed by atoms with van der Waals surface area (Å²) in [4.78, 5) is 2.51. The Morgan fingerprint density at radius 2 is 1.87 bits per heavy atom. The van der Waals surface area contributed by atoms with E-state index in [1.165, 1.54) is 32.4 Å². The fourth-order valence-corrected chi connectivity index (χ4v) is 5.16. The standard InChI is InChI=1S/C21H27N5O3S2/c1-31(27,28)24-18-9-7-17(8-10-18)20-22-23-21(26(20)16-19-6-5-14-29-19)30-15-13-25-11-3-2-4-12-25/h5-10,14,24H,2-4,11-13,15-16H2,1H3. The van der Waals surface area contributed by atoms with Crippen LogP contribution in [-0.4, -0.2) is 59.7 Å². The Kier molecular flexibility index (Phi) is 6.99. The monoisotopic (exact) mass is 461 g/mol. The highest BCUT2D eigenvalue weighted by Gasteiger charge is 2.17. The summed E-state index contributed by atoms with van der Waals surface area (Å²) in [6.45, 7) is 3.93. The van der Waals surface area contributed by atoms with Crippen molar-refractivity contribution in [2.24, 2.45) is 0 Å². The van der Waals surface area contributed by atoms with Crippen LogP contribution in [0.15, 0.2) is 52.2 Å². The number of piperidine rings is 1. The van der Waals surface area contributed by atoms with Gasteiger partial charge in [-0.05, 0) is 62.3 Å². The maximum Gasteiger partial charge on any atom is 0.229 e. The predicted octanol–water partition coefficient (Wildman–Crippen LogP) is 3.54. The summed E-state index contributed by atoms with van der Waals surface area (Å²) in [6, 6.07) is 11.0. The van der Waals surface area contributed by atoms with Crippen molar-refractivity contribution in [1.82, 2.24) is 19.7 Å². The highest BCUT2D eigenvalue weighted by atomic mass is 32.2. The molecule has 0 radical (unpaired) electrons. The topological polar surface area (TPSA) is 93.3 Å². The van der Waals surface area contributed by atoms with Gasteiger partial charge in [-0.1, -0.05) is 18.2 Å². The van der Waals surface area contributed by atoms with E-state index in [1.807, 2.05) is 24.3 Å². The highest BCUT2D eigenvalue weighted by Crippen LogP contribution is 2.27. The van der Waals surface area contributed by atoms with Gasteiger partial charge in [-0.3, -0.25) is 9.29 Å². The van der Waals surface area contributed by atoms with Crippen LogP contribution in [0.3, 0.4) is 0 Å². The lowest BCUT2D eigenvalue weighted by Gasteiger charge is -2.25. The smallest absolute Gasteiger partial charge is 0.229 e. The Balaban J connectivity index is 1.52. The summed E-state index contributed by atoms with van der Waals surface area (Å²) in [6.07, 6.45) is 6.70. The molecule has 3 heterocycles. The second-order valence-corrected chi connectivity index (χ2v) is 10.5. The average molecular weight is 462 g/mol. The van der Waals surface area contributed by atoms with Crippen LogP contribution in [0.25, 0.3) is 11.4 Å². The first-order chi connectivity index (χ1) is 15.0. The van der Waals surface area contributed by atoms with Crippen molar-refractivity contribution in [2.45, 2.75) is 31.0 Å². The van der Waals surface area contributed by atoms with Gasteiger partial charge in [0, 0.05) is 23.5 Å². The van der Waals surface area contributed by atoms with E-state index in [-0.39, 0.29) is 0 Å². The Morgan fingerprint density at radius 1 is 1.10 bits per heavy atom. The van der Waals surface area contributed by atoms with Crippen LogP contribution in [0.4, 0.5) is 5.69 Å². The second kappa shape index (κ2) is 9.88. The van der Waals surface area contributed by atoms with Crippen molar-refractivity contribution in [2.75, 3.05) is 36.4 Å². The third-order valence-corrected chi connectivity index (χ3v) is 6.70. The van der Waals surface area contributed by atoms with Crippen molar-refractivity contribution in [1.29, 1.82) is 0 Å². The molecule has 0 amide bonds. The number of aromatic nitrogens is 3. The van der Waals surface area contributed by atoms with Crippen molar-refractivity contribution >= 4 is 27.5 Å². The first-order valence-electron chi connectivity index (χ1n) is 10.4. The normalized spacial score (nSPS) is 15.3. The molecule has 0 spiro atoms. The molecule has 10 heteroatoms. The van der Waals surface area contributed by atoms with Gasteiger partial charge in [-0.2, -0.15) is 0 Å². The Bertz CT molecular complexity index is 1070. The zero-order chi connectivity index (χ0) is 21.7. The largest absolute Gasteiger partial charge is 0.467 e. The van der Waals surface area contributed by atoms with E-state index in [0.717, 1.165) is 40.9 Å². The number of anilines is 1. The zero-order valence-electron chi connectivity index (χ0n) is 17.5. The lowest BCUT2D eigenvalue weighted by Crippen LogP contribution is -2.31. The maximum absolute atomic E-state index is 11.5. The number of sulfonamides is 1. The zero-order valence-corrected chi connectivity index (χ0v) is 19.2. The number of likely N-dealkylation sites (tertiary alicyclic amines) is 1. The molecule has 1 fully saturated rings. The van der Waals surface area contributed by atoms with Crippen molar-refractivity contribution in [3.05, 3.63) is 48.4 Å². The lowest BCUT2D eigenvalue weighted by atomic mass is 10.1. The van der Waals surface area contributed by atoms with E-state index >= 15 is 0 Å². The van der Waals surface area contributed by atoms with Crippen LogP contribution < -0.4 is 4.72 Å². The molecular formula is C21H27N5O3S2. The Labute approximate surface area is 187 Å². The van der Waals surface area contributed by atoms with Gasteiger partial charge < -0.3 is 9.32 Å². The van der Waals surface area contributed by atoms with Gasteiger partial charge in [0.25, 0.3) is 0 Å². The summed E-state index contributed by atoms with van der Waals surface area (Å²) < 4.78 is 33.0. The van der Waals surface area contributed by atoms with E-state index in [0.29, 0.717) is 12.2 Å². The predicted molar refractivity (Wildman–Crippen MR) is 123 cm³/mol. The van der Waals surface area contributed by atoms with Crippen LogP contribution in [-0.2, 0) is 16.6 Å². The molecule has 1 aliphatic heterocycles. The van der Waals surface area contributed by atoms with Gasteiger partial charge in [0.15, 0.2) is 11.0 Å².